The molecule has 22 heavy (non-hydrogen) atoms. The second-order valence-electron chi connectivity index (χ2n) is 6.32. The molecule has 0 aromatic heterocycles. The molecule has 2 unspecified atom stereocenters. The van der Waals surface area contributed by atoms with Crippen LogP contribution in [0.5, 0.6) is 0 Å². The first-order valence-electron chi connectivity index (χ1n) is 7.78. The molecule has 2 atom stereocenters. The zero-order valence-electron chi connectivity index (χ0n) is 12.5. The van der Waals surface area contributed by atoms with Crippen molar-refractivity contribution in [3.8, 4) is 0 Å². The Morgan fingerprint density at radius 3 is 2.77 bits per heavy atom. The molecule has 5 heteroatoms. The summed E-state index contributed by atoms with van der Waals surface area (Å²) in [6, 6.07) is 8.32. The van der Waals surface area contributed by atoms with Gasteiger partial charge in [0.05, 0.1) is 6.61 Å². The largest absolute Gasteiger partial charge is 0.479 e. The summed E-state index contributed by atoms with van der Waals surface area (Å²) in [5, 5.41) is 12.1. The fourth-order valence-corrected chi connectivity index (χ4v) is 3.41. The van der Waals surface area contributed by atoms with E-state index in [0.717, 1.165) is 19.3 Å². The van der Waals surface area contributed by atoms with Crippen LogP contribution < -0.4 is 5.32 Å². The molecule has 0 saturated carbocycles. The molecule has 1 saturated heterocycles. The third kappa shape index (κ3) is 2.99. The van der Waals surface area contributed by atoms with Gasteiger partial charge in [0.2, 0.25) is 5.91 Å². The van der Waals surface area contributed by atoms with Gasteiger partial charge in [-0.1, -0.05) is 24.3 Å². The van der Waals surface area contributed by atoms with Crippen LogP contribution in [-0.4, -0.2) is 35.7 Å². The van der Waals surface area contributed by atoms with Gasteiger partial charge in [0.25, 0.3) is 0 Å². The highest BCUT2D eigenvalue weighted by Crippen LogP contribution is 2.28. The Bertz CT molecular complexity index is 578. The van der Waals surface area contributed by atoms with Gasteiger partial charge in [-0.3, -0.25) is 4.79 Å². The van der Waals surface area contributed by atoms with Crippen molar-refractivity contribution in [3.63, 3.8) is 0 Å². The average Bonchev–Trinajstić information content (AvgIpc) is 2.97. The van der Waals surface area contributed by atoms with E-state index in [1.807, 2.05) is 12.1 Å². The lowest BCUT2D eigenvalue weighted by molar-refractivity contribution is -0.147. The molecule has 1 fully saturated rings. The van der Waals surface area contributed by atoms with Gasteiger partial charge in [-0.2, -0.15) is 0 Å². The van der Waals surface area contributed by atoms with Gasteiger partial charge in [-0.15, -0.1) is 0 Å². The molecule has 0 radical (unpaired) electrons. The molecule has 118 valence electrons. The van der Waals surface area contributed by atoms with Gasteiger partial charge in [-0.05, 0) is 36.3 Å². The number of aliphatic carboxylic acids is 1. The number of benzene rings is 1. The Balaban J connectivity index is 1.60. The van der Waals surface area contributed by atoms with Gasteiger partial charge in [-0.25, -0.2) is 4.79 Å². The van der Waals surface area contributed by atoms with Crippen LogP contribution in [0.15, 0.2) is 24.3 Å². The van der Waals surface area contributed by atoms with E-state index < -0.39 is 11.5 Å². The monoisotopic (exact) mass is 303 g/mol. The van der Waals surface area contributed by atoms with Crippen LogP contribution in [0.2, 0.25) is 0 Å². The molecule has 2 N–H and O–H groups in total. The summed E-state index contributed by atoms with van der Waals surface area (Å²) in [4.78, 5) is 23.7. The third-order valence-corrected chi connectivity index (χ3v) is 4.73. The lowest BCUT2D eigenvalue weighted by Crippen LogP contribution is -2.55. The Morgan fingerprint density at radius 1 is 1.32 bits per heavy atom. The van der Waals surface area contributed by atoms with Crippen molar-refractivity contribution in [1.29, 1.82) is 0 Å². The number of ether oxygens (including phenoxy) is 1. The van der Waals surface area contributed by atoms with Crippen molar-refractivity contribution in [3.05, 3.63) is 35.4 Å². The normalized spacial score (nSPS) is 27.2. The van der Waals surface area contributed by atoms with Gasteiger partial charge in [0.15, 0.2) is 5.54 Å². The summed E-state index contributed by atoms with van der Waals surface area (Å²) in [6.07, 6.45) is 3.56. The summed E-state index contributed by atoms with van der Waals surface area (Å²) < 4.78 is 5.16. The number of amides is 1. The number of hydrogen-bond acceptors (Lipinski definition) is 3. The number of rotatable bonds is 4. The van der Waals surface area contributed by atoms with Crippen molar-refractivity contribution >= 4 is 11.9 Å². The van der Waals surface area contributed by atoms with E-state index in [2.05, 4.69) is 17.4 Å². The molecule has 0 bridgehead atoms. The van der Waals surface area contributed by atoms with Crippen molar-refractivity contribution < 1.29 is 19.4 Å². The average molecular weight is 303 g/mol. The van der Waals surface area contributed by atoms with Crippen molar-refractivity contribution in [1.82, 2.24) is 5.32 Å². The highest BCUT2D eigenvalue weighted by atomic mass is 16.5. The van der Waals surface area contributed by atoms with Crippen molar-refractivity contribution in [2.75, 3.05) is 13.2 Å². The Labute approximate surface area is 129 Å². The minimum atomic E-state index is -1.23. The van der Waals surface area contributed by atoms with Gasteiger partial charge < -0.3 is 15.2 Å². The number of carbonyl (C=O) groups is 2. The SMILES string of the molecule is O=C(CC1CCc2ccccc2C1)NC1(C(=O)O)CCOC1. The second-order valence-corrected chi connectivity index (χ2v) is 6.32. The molecule has 5 nitrogen and oxygen atoms in total. The molecular weight excluding hydrogens is 282 g/mol. The number of carboxylic acids is 1. The van der Waals surface area contributed by atoms with Gasteiger partial charge in [0, 0.05) is 19.4 Å². The fraction of sp³-hybridized carbons (Fsp3) is 0.529. The summed E-state index contributed by atoms with van der Waals surface area (Å²) in [5.41, 5.74) is 1.44. The van der Waals surface area contributed by atoms with E-state index in [4.69, 9.17) is 4.74 Å². The quantitative estimate of drug-likeness (QED) is 0.885. The van der Waals surface area contributed by atoms with E-state index in [9.17, 15) is 14.7 Å². The smallest absolute Gasteiger partial charge is 0.331 e. The third-order valence-electron chi connectivity index (χ3n) is 4.73. The van der Waals surface area contributed by atoms with Crippen LogP contribution in [0.1, 0.15) is 30.4 Å². The molecule has 1 heterocycles. The summed E-state index contributed by atoms with van der Waals surface area (Å²) >= 11 is 0. The molecule has 1 aromatic rings. The van der Waals surface area contributed by atoms with E-state index in [1.165, 1.54) is 11.1 Å². The second kappa shape index (κ2) is 6.08. The van der Waals surface area contributed by atoms with Crippen molar-refractivity contribution in [2.24, 2.45) is 5.92 Å². The number of nitrogens with one attached hydrogen (secondary N) is 1. The molecule has 3 rings (SSSR count). The number of carboxylic acid groups (broad SMARTS) is 1. The number of fused-ring (bicyclic) bond motifs is 1. The van der Waals surface area contributed by atoms with E-state index in [0.29, 0.717) is 19.4 Å². The number of aryl methyl sites for hydroxylation is 1. The zero-order valence-corrected chi connectivity index (χ0v) is 12.5. The van der Waals surface area contributed by atoms with E-state index in [1.54, 1.807) is 0 Å². The topological polar surface area (TPSA) is 75.6 Å². The predicted molar refractivity (Wildman–Crippen MR) is 80.5 cm³/mol. The highest BCUT2D eigenvalue weighted by molar-refractivity contribution is 5.87. The fourth-order valence-electron chi connectivity index (χ4n) is 3.41. The summed E-state index contributed by atoms with van der Waals surface area (Å²) in [7, 11) is 0. The Morgan fingerprint density at radius 2 is 2.09 bits per heavy atom. The van der Waals surface area contributed by atoms with Crippen LogP contribution in [-0.2, 0) is 27.2 Å². The van der Waals surface area contributed by atoms with Crippen LogP contribution in [0, 0.1) is 5.92 Å². The maximum absolute atomic E-state index is 12.3. The van der Waals surface area contributed by atoms with E-state index in [-0.39, 0.29) is 18.4 Å². The Kier molecular flexibility index (Phi) is 4.16. The Hall–Kier alpha value is -1.88. The highest BCUT2D eigenvalue weighted by Gasteiger charge is 2.44. The first-order valence-corrected chi connectivity index (χ1v) is 7.78. The van der Waals surface area contributed by atoms with Crippen LogP contribution in [0.25, 0.3) is 0 Å². The van der Waals surface area contributed by atoms with Crippen LogP contribution in [0.3, 0.4) is 0 Å². The van der Waals surface area contributed by atoms with Crippen LogP contribution in [0.4, 0.5) is 0 Å². The number of hydrogen-bond donors (Lipinski definition) is 2. The molecule has 1 amide bonds. The summed E-state index contributed by atoms with van der Waals surface area (Å²) in [5.74, 6) is -0.910. The zero-order chi connectivity index (χ0) is 15.6. The predicted octanol–water partition coefficient (Wildman–Crippen LogP) is 1.54. The minimum Gasteiger partial charge on any atom is -0.479 e. The molecule has 1 aliphatic carbocycles. The molecule has 1 aliphatic heterocycles. The molecular formula is C17H21NO4. The van der Waals surface area contributed by atoms with Crippen LogP contribution >= 0.6 is 0 Å². The first-order chi connectivity index (χ1) is 10.6. The van der Waals surface area contributed by atoms with Gasteiger partial charge in [0.1, 0.15) is 0 Å². The standard InChI is InChI=1S/C17H21NO4/c19-15(18-17(16(20)21)7-8-22-11-17)10-12-5-6-13-3-1-2-4-14(13)9-12/h1-4,12H,5-11H2,(H,18,19)(H,20,21). The molecule has 1 aromatic carbocycles. The van der Waals surface area contributed by atoms with E-state index >= 15 is 0 Å². The number of carbonyl (C=O) groups excluding carboxylic acids is 1. The molecule has 2 aliphatic rings. The molecule has 0 spiro atoms. The lowest BCUT2D eigenvalue weighted by Gasteiger charge is -2.27. The van der Waals surface area contributed by atoms with Gasteiger partial charge >= 0.3 is 5.97 Å². The first kappa shape index (κ1) is 15.0. The lowest BCUT2D eigenvalue weighted by atomic mass is 9.82. The maximum Gasteiger partial charge on any atom is 0.331 e. The summed E-state index contributed by atoms with van der Waals surface area (Å²) in [6.45, 7) is 0.435. The van der Waals surface area contributed by atoms with Crippen molar-refractivity contribution in [2.45, 2.75) is 37.6 Å². The minimum absolute atomic E-state index is 0.0571. The maximum atomic E-state index is 12.3.